The molecule has 7 nitrogen and oxygen atoms in total. The standard InChI is InChI=1S/C24H26FN7/c25-20-9-4-5-10-21(20)31-17-15-30(16-18-31)14-6-13-26-22-11-12-23-27-28-24(32(23)29-22)19-7-2-1-3-8-19/h1-5,7-12H,6,13-18H2,(H,26,29). The highest BCUT2D eigenvalue weighted by atomic mass is 19.1. The van der Waals surface area contributed by atoms with Crippen molar-refractivity contribution in [1.82, 2.24) is 24.7 Å². The number of nitrogens with one attached hydrogen (secondary N) is 1. The lowest BCUT2D eigenvalue weighted by Gasteiger charge is -2.36. The van der Waals surface area contributed by atoms with Gasteiger partial charge in [0.2, 0.25) is 0 Å². The fourth-order valence-electron chi connectivity index (χ4n) is 4.09. The molecule has 0 atom stereocenters. The molecule has 1 fully saturated rings. The van der Waals surface area contributed by atoms with Gasteiger partial charge in [0, 0.05) is 38.3 Å². The smallest absolute Gasteiger partial charge is 0.185 e. The molecule has 0 saturated carbocycles. The summed E-state index contributed by atoms with van der Waals surface area (Å²) in [6.07, 6.45) is 1.01. The summed E-state index contributed by atoms with van der Waals surface area (Å²) < 4.78 is 15.8. The third kappa shape index (κ3) is 4.40. The summed E-state index contributed by atoms with van der Waals surface area (Å²) in [5, 5.41) is 16.6. The molecule has 8 heteroatoms. The molecule has 0 aliphatic carbocycles. The van der Waals surface area contributed by atoms with Crippen LogP contribution in [-0.2, 0) is 0 Å². The molecule has 0 bridgehead atoms. The number of anilines is 2. The van der Waals surface area contributed by atoms with Crippen LogP contribution in [0, 0.1) is 5.82 Å². The van der Waals surface area contributed by atoms with Crippen LogP contribution in [0.15, 0.2) is 66.7 Å². The quantitative estimate of drug-likeness (QED) is 0.452. The minimum absolute atomic E-state index is 0.141. The first kappa shape index (κ1) is 20.4. The van der Waals surface area contributed by atoms with Crippen molar-refractivity contribution in [1.29, 1.82) is 0 Å². The van der Waals surface area contributed by atoms with E-state index >= 15 is 0 Å². The van der Waals surface area contributed by atoms with Crippen LogP contribution < -0.4 is 10.2 Å². The highest BCUT2D eigenvalue weighted by Crippen LogP contribution is 2.20. The molecule has 0 unspecified atom stereocenters. The number of aromatic nitrogens is 4. The first-order valence-corrected chi connectivity index (χ1v) is 11.0. The van der Waals surface area contributed by atoms with E-state index in [2.05, 4.69) is 30.4 Å². The van der Waals surface area contributed by atoms with Crippen molar-refractivity contribution in [3.8, 4) is 11.4 Å². The van der Waals surface area contributed by atoms with Crippen LogP contribution in [0.1, 0.15) is 6.42 Å². The molecular formula is C24H26FN7. The molecule has 2 aromatic carbocycles. The van der Waals surface area contributed by atoms with Gasteiger partial charge in [0.05, 0.1) is 5.69 Å². The van der Waals surface area contributed by atoms with Gasteiger partial charge in [-0.1, -0.05) is 42.5 Å². The Bertz CT molecular complexity index is 1170. The second-order valence-corrected chi connectivity index (χ2v) is 7.94. The van der Waals surface area contributed by atoms with Crippen LogP contribution in [0.4, 0.5) is 15.9 Å². The molecule has 5 rings (SSSR count). The second-order valence-electron chi connectivity index (χ2n) is 7.94. The Kier molecular flexibility index (Phi) is 5.93. The molecule has 1 saturated heterocycles. The van der Waals surface area contributed by atoms with Gasteiger partial charge in [0.1, 0.15) is 11.6 Å². The summed E-state index contributed by atoms with van der Waals surface area (Å²) >= 11 is 0. The van der Waals surface area contributed by atoms with E-state index in [9.17, 15) is 4.39 Å². The lowest BCUT2D eigenvalue weighted by molar-refractivity contribution is 0.256. The Morgan fingerprint density at radius 1 is 0.844 bits per heavy atom. The zero-order valence-corrected chi connectivity index (χ0v) is 17.9. The minimum atomic E-state index is -0.141. The van der Waals surface area contributed by atoms with Gasteiger partial charge in [-0.05, 0) is 37.2 Å². The van der Waals surface area contributed by atoms with Gasteiger partial charge >= 0.3 is 0 Å². The maximum Gasteiger partial charge on any atom is 0.185 e. The summed E-state index contributed by atoms with van der Waals surface area (Å²) in [4.78, 5) is 4.57. The molecule has 164 valence electrons. The van der Waals surface area contributed by atoms with E-state index in [-0.39, 0.29) is 5.82 Å². The van der Waals surface area contributed by atoms with Crippen LogP contribution in [-0.4, -0.2) is 64.0 Å². The highest BCUT2D eigenvalue weighted by Gasteiger charge is 2.18. The SMILES string of the molecule is Fc1ccccc1N1CCN(CCCNc2ccc3nnc(-c4ccccc4)n3n2)CC1. The number of nitrogens with zero attached hydrogens (tertiary/aromatic N) is 6. The Balaban J connectivity index is 1.12. The lowest BCUT2D eigenvalue weighted by Crippen LogP contribution is -2.47. The maximum atomic E-state index is 14.0. The van der Waals surface area contributed by atoms with Crippen molar-refractivity contribution in [2.75, 3.05) is 49.5 Å². The zero-order valence-electron chi connectivity index (χ0n) is 17.9. The normalized spacial score (nSPS) is 14.7. The predicted molar refractivity (Wildman–Crippen MR) is 124 cm³/mol. The van der Waals surface area contributed by atoms with Gasteiger partial charge in [-0.3, -0.25) is 4.90 Å². The topological polar surface area (TPSA) is 61.6 Å². The average molecular weight is 432 g/mol. The maximum absolute atomic E-state index is 14.0. The van der Waals surface area contributed by atoms with E-state index in [1.807, 2.05) is 54.6 Å². The Morgan fingerprint density at radius 2 is 1.62 bits per heavy atom. The molecule has 4 aromatic rings. The summed E-state index contributed by atoms with van der Waals surface area (Å²) in [7, 11) is 0. The van der Waals surface area contributed by atoms with Crippen molar-refractivity contribution in [3.05, 3.63) is 72.5 Å². The van der Waals surface area contributed by atoms with Crippen LogP contribution in [0.25, 0.3) is 17.0 Å². The minimum Gasteiger partial charge on any atom is -0.369 e. The summed E-state index contributed by atoms with van der Waals surface area (Å²) in [5.74, 6) is 1.40. The van der Waals surface area contributed by atoms with Gasteiger partial charge in [-0.25, -0.2) is 4.39 Å². The third-order valence-electron chi connectivity index (χ3n) is 5.82. The fourth-order valence-corrected chi connectivity index (χ4v) is 4.09. The molecule has 3 heterocycles. The summed E-state index contributed by atoms with van der Waals surface area (Å²) in [5.41, 5.74) is 2.42. The van der Waals surface area contributed by atoms with Gasteiger partial charge in [0.25, 0.3) is 0 Å². The molecule has 0 radical (unpaired) electrons. The number of piperazine rings is 1. The third-order valence-corrected chi connectivity index (χ3v) is 5.82. The van der Waals surface area contributed by atoms with Gasteiger partial charge in [-0.15, -0.1) is 15.3 Å². The Labute approximate surface area is 186 Å². The van der Waals surface area contributed by atoms with Crippen molar-refractivity contribution >= 4 is 17.2 Å². The van der Waals surface area contributed by atoms with E-state index in [1.54, 1.807) is 10.6 Å². The number of hydrogen-bond donors (Lipinski definition) is 1. The van der Waals surface area contributed by atoms with E-state index in [4.69, 9.17) is 0 Å². The van der Waals surface area contributed by atoms with Crippen molar-refractivity contribution in [2.45, 2.75) is 6.42 Å². The number of hydrogen-bond acceptors (Lipinski definition) is 6. The monoisotopic (exact) mass is 431 g/mol. The fraction of sp³-hybridized carbons (Fsp3) is 0.292. The average Bonchev–Trinajstić information content (AvgIpc) is 3.27. The van der Waals surface area contributed by atoms with Gasteiger partial charge in [-0.2, -0.15) is 4.52 Å². The number of rotatable bonds is 7. The molecular weight excluding hydrogens is 405 g/mol. The molecule has 2 aromatic heterocycles. The zero-order chi connectivity index (χ0) is 21.8. The predicted octanol–water partition coefficient (Wildman–Crippen LogP) is 3.55. The molecule has 1 N–H and O–H groups in total. The first-order chi connectivity index (χ1) is 15.8. The second kappa shape index (κ2) is 9.32. The van der Waals surface area contributed by atoms with E-state index in [1.165, 1.54) is 6.07 Å². The largest absolute Gasteiger partial charge is 0.369 e. The number of para-hydroxylation sites is 1. The van der Waals surface area contributed by atoms with Crippen molar-refractivity contribution < 1.29 is 4.39 Å². The van der Waals surface area contributed by atoms with Crippen molar-refractivity contribution in [3.63, 3.8) is 0 Å². The number of halogens is 1. The van der Waals surface area contributed by atoms with E-state index in [0.717, 1.165) is 68.5 Å². The van der Waals surface area contributed by atoms with Crippen molar-refractivity contribution in [2.24, 2.45) is 0 Å². The van der Waals surface area contributed by atoms with Crippen LogP contribution in [0.5, 0.6) is 0 Å². The molecule has 1 aliphatic rings. The Morgan fingerprint density at radius 3 is 2.44 bits per heavy atom. The Hall–Kier alpha value is -3.52. The molecule has 0 spiro atoms. The lowest BCUT2D eigenvalue weighted by atomic mass is 10.2. The van der Waals surface area contributed by atoms with E-state index in [0.29, 0.717) is 5.69 Å². The van der Waals surface area contributed by atoms with Gasteiger partial charge in [0.15, 0.2) is 11.5 Å². The van der Waals surface area contributed by atoms with Crippen LogP contribution in [0.2, 0.25) is 0 Å². The highest BCUT2D eigenvalue weighted by molar-refractivity contribution is 5.59. The van der Waals surface area contributed by atoms with Gasteiger partial charge < -0.3 is 10.2 Å². The molecule has 32 heavy (non-hydrogen) atoms. The molecule has 1 aliphatic heterocycles. The number of fused-ring (bicyclic) bond motifs is 1. The first-order valence-electron chi connectivity index (χ1n) is 11.0. The summed E-state index contributed by atoms with van der Waals surface area (Å²) in [6, 6.07) is 20.8. The number of benzene rings is 2. The van der Waals surface area contributed by atoms with E-state index < -0.39 is 0 Å². The van der Waals surface area contributed by atoms with Crippen LogP contribution in [0.3, 0.4) is 0 Å². The molecule has 0 amide bonds. The van der Waals surface area contributed by atoms with Crippen LogP contribution >= 0.6 is 0 Å². The summed E-state index contributed by atoms with van der Waals surface area (Å²) in [6.45, 7) is 5.42.